The Morgan fingerprint density at radius 2 is 2.13 bits per heavy atom. The van der Waals surface area contributed by atoms with Crippen molar-refractivity contribution in [2.24, 2.45) is 7.05 Å². The smallest absolute Gasteiger partial charge is 0.124 e. The molecule has 23 heavy (non-hydrogen) atoms. The van der Waals surface area contributed by atoms with E-state index in [1.54, 1.807) is 0 Å². The first-order valence-electron chi connectivity index (χ1n) is 8.19. The Bertz CT molecular complexity index is 673. The molecule has 3 rings (SSSR count). The van der Waals surface area contributed by atoms with E-state index in [1.807, 2.05) is 31.5 Å². The number of hydrogen-bond donors (Lipinski definition) is 0. The SMILES string of the molecule is C=C(C)COc1ccccc1CN(Cc1nccn1C)C1CC1. The highest BCUT2D eigenvalue weighted by molar-refractivity contribution is 5.33. The number of aromatic nitrogens is 2. The lowest BCUT2D eigenvalue weighted by Crippen LogP contribution is -2.26. The van der Waals surface area contributed by atoms with Crippen LogP contribution in [0.1, 0.15) is 31.2 Å². The maximum absolute atomic E-state index is 5.91. The molecule has 0 N–H and O–H groups in total. The Labute approximate surface area is 138 Å². The molecule has 0 atom stereocenters. The Balaban J connectivity index is 1.73. The lowest BCUT2D eigenvalue weighted by atomic mass is 10.2. The van der Waals surface area contributed by atoms with Gasteiger partial charge in [0.15, 0.2) is 0 Å². The largest absolute Gasteiger partial charge is 0.489 e. The molecule has 0 amide bonds. The summed E-state index contributed by atoms with van der Waals surface area (Å²) in [5.74, 6) is 2.07. The number of nitrogens with zero attached hydrogens (tertiary/aromatic N) is 3. The van der Waals surface area contributed by atoms with Crippen molar-refractivity contribution in [1.29, 1.82) is 0 Å². The van der Waals surface area contributed by atoms with Crippen LogP contribution in [0.5, 0.6) is 5.75 Å². The second-order valence-corrected chi connectivity index (χ2v) is 6.44. The van der Waals surface area contributed by atoms with Gasteiger partial charge in [-0.05, 0) is 31.4 Å². The van der Waals surface area contributed by atoms with Gasteiger partial charge in [0.05, 0.1) is 6.54 Å². The zero-order valence-corrected chi connectivity index (χ0v) is 14.0. The maximum Gasteiger partial charge on any atom is 0.124 e. The van der Waals surface area contributed by atoms with Gasteiger partial charge in [0.2, 0.25) is 0 Å². The van der Waals surface area contributed by atoms with E-state index >= 15 is 0 Å². The predicted octanol–water partition coefficient (Wildman–Crippen LogP) is 3.54. The van der Waals surface area contributed by atoms with Gasteiger partial charge in [-0.25, -0.2) is 4.98 Å². The summed E-state index contributed by atoms with van der Waals surface area (Å²) in [6.07, 6.45) is 6.42. The van der Waals surface area contributed by atoms with Crippen molar-refractivity contribution in [2.45, 2.75) is 38.9 Å². The Morgan fingerprint density at radius 3 is 2.78 bits per heavy atom. The van der Waals surface area contributed by atoms with Crippen LogP contribution in [0, 0.1) is 0 Å². The number of ether oxygens (including phenoxy) is 1. The molecule has 0 spiro atoms. The molecule has 1 aliphatic rings. The topological polar surface area (TPSA) is 30.3 Å². The van der Waals surface area contributed by atoms with Gasteiger partial charge in [-0.1, -0.05) is 24.8 Å². The van der Waals surface area contributed by atoms with Crippen LogP contribution in [-0.2, 0) is 20.1 Å². The van der Waals surface area contributed by atoms with Gasteiger partial charge in [-0.3, -0.25) is 4.90 Å². The molecule has 1 aliphatic carbocycles. The van der Waals surface area contributed by atoms with Crippen LogP contribution < -0.4 is 4.74 Å². The molecule has 2 aromatic rings. The van der Waals surface area contributed by atoms with Crippen LogP contribution in [0.3, 0.4) is 0 Å². The molecule has 1 aromatic heterocycles. The van der Waals surface area contributed by atoms with Crippen LogP contribution in [0.15, 0.2) is 48.8 Å². The summed E-state index contributed by atoms with van der Waals surface area (Å²) in [7, 11) is 2.05. The average molecular weight is 311 g/mol. The Kier molecular flexibility index (Phi) is 4.82. The van der Waals surface area contributed by atoms with E-state index in [2.05, 4.69) is 40.2 Å². The van der Waals surface area contributed by atoms with E-state index in [0.717, 1.165) is 30.2 Å². The number of hydrogen-bond acceptors (Lipinski definition) is 3. The fourth-order valence-corrected chi connectivity index (χ4v) is 2.68. The molecular formula is C19H25N3O. The number of imidazole rings is 1. The minimum Gasteiger partial charge on any atom is -0.489 e. The van der Waals surface area contributed by atoms with E-state index in [1.165, 1.54) is 18.4 Å². The third-order valence-electron chi connectivity index (χ3n) is 4.15. The summed E-state index contributed by atoms with van der Waals surface area (Å²) < 4.78 is 8.01. The third kappa shape index (κ3) is 4.23. The summed E-state index contributed by atoms with van der Waals surface area (Å²) in [6.45, 7) is 8.24. The highest BCUT2D eigenvalue weighted by Crippen LogP contribution is 2.31. The van der Waals surface area contributed by atoms with Gasteiger partial charge in [-0.15, -0.1) is 0 Å². The molecule has 0 unspecified atom stereocenters. The number of benzene rings is 1. The molecule has 4 heteroatoms. The molecule has 1 fully saturated rings. The van der Waals surface area contributed by atoms with Crippen molar-refractivity contribution in [3.05, 3.63) is 60.2 Å². The first kappa shape index (κ1) is 15.8. The zero-order valence-electron chi connectivity index (χ0n) is 14.0. The highest BCUT2D eigenvalue weighted by atomic mass is 16.5. The fourth-order valence-electron chi connectivity index (χ4n) is 2.68. The second kappa shape index (κ2) is 7.01. The molecule has 1 heterocycles. The van der Waals surface area contributed by atoms with Gasteiger partial charge >= 0.3 is 0 Å². The Hall–Kier alpha value is -2.07. The van der Waals surface area contributed by atoms with Crippen molar-refractivity contribution in [3.63, 3.8) is 0 Å². The predicted molar refractivity (Wildman–Crippen MR) is 92.2 cm³/mol. The lowest BCUT2D eigenvalue weighted by Gasteiger charge is -2.23. The van der Waals surface area contributed by atoms with Crippen molar-refractivity contribution in [3.8, 4) is 5.75 Å². The molecular weight excluding hydrogens is 286 g/mol. The number of aryl methyl sites for hydroxylation is 1. The van der Waals surface area contributed by atoms with E-state index in [4.69, 9.17) is 4.74 Å². The molecule has 0 bridgehead atoms. The summed E-state index contributed by atoms with van der Waals surface area (Å²) >= 11 is 0. The van der Waals surface area contributed by atoms with E-state index in [0.29, 0.717) is 12.6 Å². The van der Waals surface area contributed by atoms with E-state index < -0.39 is 0 Å². The van der Waals surface area contributed by atoms with Crippen LogP contribution >= 0.6 is 0 Å². The van der Waals surface area contributed by atoms with Crippen LogP contribution in [0.2, 0.25) is 0 Å². The second-order valence-electron chi connectivity index (χ2n) is 6.44. The minimum atomic E-state index is 0.569. The molecule has 1 aromatic carbocycles. The third-order valence-corrected chi connectivity index (χ3v) is 4.15. The molecule has 122 valence electrons. The first-order valence-corrected chi connectivity index (χ1v) is 8.19. The fraction of sp³-hybridized carbons (Fsp3) is 0.421. The van der Waals surface area contributed by atoms with Gasteiger partial charge in [-0.2, -0.15) is 0 Å². The maximum atomic E-state index is 5.91. The van der Waals surface area contributed by atoms with Gasteiger partial charge < -0.3 is 9.30 Å². The summed E-state index contributed by atoms with van der Waals surface area (Å²) in [5.41, 5.74) is 2.27. The standard InChI is InChI=1S/C19H25N3O/c1-15(2)14-23-18-7-5-4-6-16(18)12-22(17-8-9-17)13-19-20-10-11-21(19)3/h4-7,10-11,17H,1,8-9,12-14H2,2-3H3. The normalized spacial score (nSPS) is 14.2. The van der Waals surface area contributed by atoms with Gasteiger partial charge in [0.1, 0.15) is 18.2 Å². The van der Waals surface area contributed by atoms with Crippen molar-refractivity contribution >= 4 is 0 Å². The highest BCUT2D eigenvalue weighted by Gasteiger charge is 2.30. The van der Waals surface area contributed by atoms with Crippen molar-refractivity contribution in [2.75, 3.05) is 6.61 Å². The number of rotatable bonds is 8. The number of para-hydroxylation sites is 1. The quantitative estimate of drug-likeness (QED) is 0.699. The molecule has 1 saturated carbocycles. The average Bonchev–Trinajstić information content (AvgIpc) is 3.30. The van der Waals surface area contributed by atoms with Crippen LogP contribution in [-0.4, -0.2) is 27.1 Å². The van der Waals surface area contributed by atoms with Crippen LogP contribution in [0.4, 0.5) is 0 Å². The molecule has 4 nitrogen and oxygen atoms in total. The summed E-state index contributed by atoms with van der Waals surface area (Å²) in [6, 6.07) is 8.97. The summed E-state index contributed by atoms with van der Waals surface area (Å²) in [4.78, 5) is 6.97. The molecule has 0 aliphatic heterocycles. The van der Waals surface area contributed by atoms with Gasteiger partial charge in [0.25, 0.3) is 0 Å². The first-order chi connectivity index (χ1) is 11.1. The zero-order chi connectivity index (χ0) is 16.2. The van der Waals surface area contributed by atoms with E-state index in [9.17, 15) is 0 Å². The van der Waals surface area contributed by atoms with Crippen LogP contribution in [0.25, 0.3) is 0 Å². The summed E-state index contributed by atoms with van der Waals surface area (Å²) in [5, 5.41) is 0. The van der Waals surface area contributed by atoms with E-state index in [-0.39, 0.29) is 0 Å². The Morgan fingerprint density at radius 1 is 1.35 bits per heavy atom. The minimum absolute atomic E-state index is 0.569. The monoisotopic (exact) mass is 311 g/mol. The lowest BCUT2D eigenvalue weighted by molar-refractivity contribution is 0.232. The van der Waals surface area contributed by atoms with Crippen molar-refractivity contribution < 1.29 is 4.74 Å². The molecule has 0 saturated heterocycles. The molecule has 0 radical (unpaired) electrons. The van der Waals surface area contributed by atoms with Crippen molar-refractivity contribution in [1.82, 2.24) is 14.5 Å². The van der Waals surface area contributed by atoms with Gasteiger partial charge in [0, 0.05) is 37.6 Å².